The molecule has 106 valence electrons. The molecule has 0 aliphatic heterocycles. The van der Waals surface area contributed by atoms with Gasteiger partial charge in [-0.2, -0.15) is 0 Å². The largest absolute Gasteiger partial charge is 0.355 e. The van der Waals surface area contributed by atoms with Crippen molar-refractivity contribution in [1.82, 2.24) is 5.32 Å². The predicted octanol–water partition coefficient (Wildman–Crippen LogP) is 2.41. The second-order valence-electron chi connectivity index (χ2n) is 4.89. The summed E-state index contributed by atoms with van der Waals surface area (Å²) in [6.45, 7) is 5.46. The lowest BCUT2D eigenvalue weighted by molar-refractivity contribution is -0.121. The summed E-state index contributed by atoms with van der Waals surface area (Å²) in [6, 6.07) is 10.3. The Labute approximate surface area is 120 Å². The molecule has 0 saturated carbocycles. The van der Waals surface area contributed by atoms with Crippen LogP contribution in [-0.2, 0) is 10.5 Å². The lowest BCUT2D eigenvalue weighted by Crippen LogP contribution is -2.36. The molecular formula is C15H24N2OS. The molecule has 19 heavy (non-hydrogen) atoms. The summed E-state index contributed by atoms with van der Waals surface area (Å²) in [4.78, 5) is 12.1. The van der Waals surface area contributed by atoms with Gasteiger partial charge in [0.25, 0.3) is 0 Å². The fourth-order valence-corrected chi connectivity index (χ4v) is 2.93. The number of benzene rings is 1. The average molecular weight is 280 g/mol. The van der Waals surface area contributed by atoms with Gasteiger partial charge >= 0.3 is 0 Å². The zero-order chi connectivity index (χ0) is 14.1. The van der Waals surface area contributed by atoms with Crippen molar-refractivity contribution in [1.29, 1.82) is 0 Å². The Balaban J connectivity index is 2.46. The molecule has 0 saturated heterocycles. The maximum Gasteiger partial charge on any atom is 0.233 e. The Morgan fingerprint density at radius 3 is 2.58 bits per heavy atom. The normalized spacial score (nSPS) is 12.4. The van der Waals surface area contributed by atoms with Crippen LogP contribution < -0.4 is 11.1 Å². The third-order valence-corrected chi connectivity index (χ3v) is 4.43. The molecular weight excluding hydrogens is 256 g/mol. The molecule has 0 aliphatic rings. The second-order valence-corrected chi connectivity index (χ2v) is 6.02. The van der Waals surface area contributed by atoms with Crippen molar-refractivity contribution in [2.75, 3.05) is 13.1 Å². The van der Waals surface area contributed by atoms with Crippen LogP contribution in [0.1, 0.15) is 25.8 Å². The van der Waals surface area contributed by atoms with Gasteiger partial charge in [0.15, 0.2) is 0 Å². The molecule has 1 aromatic carbocycles. The molecule has 1 atom stereocenters. The van der Waals surface area contributed by atoms with Crippen molar-refractivity contribution in [2.45, 2.75) is 31.3 Å². The zero-order valence-electron chi connectivity index (χ0n) is 11.8. The van der Waals surface area contributed by atoms with Crippen LogP contribution in [0.3, 0.4) is 0 Å². The highest BCUT2D eigenvalue weighted by atomic mass is 32.2. The summed E-state index contributed by atoms with van der Waals surface area (Å²) in [5.74, 6) is 1.32. The van der Waals surface area contributed by atoms with Crippen LogP contribution >= 0.6 is 11.8 Å². The first-order valence-corrected chi connectivity index (χ1v) is 7.83. The topological polar surface area (TPSA) is 55.1 Å². The standard InChI is InChI=1S/C15H24N2OS/c1-12(2)14(15(18)17-10-6-9-16)19-11-13-7-4-3-5-8-13/h3-5,7-8,12,14H,6,9-11,16H2,1-2H3,(H,17,18). The van der Waals surface area contributed by atoms with Gasteiger partial charge in [-0.25, -0.2) is 0 Å². The van der Waals surface area contributed by atoms with Crippen molar-refractivity contribution in [3.05, 3.63) is 35.9 Å². The molecule has 0 aliphatic carbocycles. The molecule has 1 amide bonds. The summed E-state index contributed by atoms with van der Waals surface area (Å²) in [6.07, 6.45) is 0.833. The van der Waals surface area contributed by atoms with E-state index in [2.05, 4.69) is 31.3 Å². The van der Waals surface area contributed by atoms with Gasteiger partial charge in [0.1, 0.15) is 0 Å². The Morgan fingerprint density at radius 1 is 1.32 bits per heavy atom. The summed E-state index contributed by atoms with van der Waals surface area (Å²) < 4.78 is 0. The molecule has 4 heteroatoms. The molecule has 0 radical (unpaired) electrons. The van der Waals surface area contributed by atoms with Crippen molar-refractivity contribution < 1.29 is 4.79 Å². The third kappa shape index (κ3) is 6.12. The monoisotopic (exact) mass is 280 g/mol. The number of hydrogen-bond donors (Lipinski definition) is 2. The van der Waals surface area contributed by atoms with Crippen LogP contribution in [0, 0.1) is 5.92 Å². The molecule has 0 aromatic heterocycles. The van der Waals surface area contributed by atoms with Crippen LogP contribution in [0.2, 0.25) is 0 Å². The predicted molar refractivity (Wildman–Crippen MR) is 83.0 cm³/mol. The van der Waals surface area contributed by atoms with Gasteiger partial charge in [0.05, 0.1) is 5.25 Å². The number of hydrogen-bond acceptors (Lipinski definition) is 3. The van der Waals surface area contributed by atoms with Gasteiger partial charge < -0.3 is 11.1 Å². The number of nitrogens with one attached hydrogen (secondary N) is 1. The number of thioether (sulfide) groups is 1. The van der Waals surface area contributed by atoms with Crippen molar-refractivity contribution in [3.8, 4) is 0 Å². The minimum absolute atomic E-state index is 0.00187. The van der Waals surface area contributed by atoms with Gasteiger partial charge in [0.2, 0.25) is 5.91 Å². The Morgan fingerprint density at radius 2 is 2.00 bits per heavy atom. The zero-order valence-corrected chi connectivity index (χ0v) is 12.6. The van der Waals surface area contributed by atoms with E-state index in [0.29, 0.717) is 19.0 Å². The fraction of sp³-hybridized carbons (Fsp3) is 0.533. The maximum absolute atomic E-state index is 12.1. The molecule has 0 fully saturated rings. The molecule has 3 N–H and O–H groups in total. The van der Waals surface area contributed by atoms with Crippen LogP contribution in [0.25, 0.3) is 0 Å². The van der Waals surface area contributed by atoms with E-state index in [1.54, 1.807) is 11.8 Å². The van der Waals surface area contributed by atoms with Crippen molar-refractivity contribution >= 4 is 17.7 Å². The highest BCUT2D eigenvalue weighted by Gasteiger charge is 2.22. The van der Waals surface area contributed by atoms with Crippen LogP contribution in [0.15, 0.2) is 30.3 Å². The minimum atomic E-state index is -0.00187. The molecule has 0 bridgehead atoms. The highest BCUT2D eigenvalue weighted by molar-refractivity contribution is 7.99. The van der Waals surface area contributed by atoms with Gasteiger partial charge in [-0.15, -0.1) is 11.8 Å². The van der Waals surface area contributed by atoms with Crippen LogP contribution in [0.4, 0.5) is 0 Å². The lowest BCUT2D eigenvalue weighted by Gasteiger charge is -2.19. The number of amides is 1. The molecule has 1 rings (SSSR count). The molecule has 1 unspecified atom stereocenters. The van der Waals surface area contributed by atoms with E-state index in [0.717, 1.165) is 12.2 Å². The number of rotatable bonds is 8. The molecule has 0 heterocycles. The smallest absolute Gasteiger partial charge is 0.233 e. The first-order valence-electron chi connectivity index (χ1n) is 6.78. The summed E-state index contributed by atoms with van der Waals surface area (Å²) in [5, 5.41) is 2.96. The quantitative estimate of drug-likeness (QED) is 0.719. The second kappa shape index (κ2) is 8.99. The van der Waals surface area contributed by atoms with Crippen LogP contribution in [-0.4, -0.2) is 24.2 Å². The first kappa shape index (κ1) is 16.1. The Hall–Kier alpha value is -1.00. The van der Waals surface area contributed by atoms with E-state index < -0.39 is 0 Å². The van der Waals surface area contributed by atoms with Crippen molar-refractivity contribution in [2.24, 2.45) is 11.7 Å². The van der Waals surface area contributed by atoms with Gasteiger partial charge in [0, 0.05) is 12.3 Å². The van der Waals surface area contributed by atoms with E-state index >= 15 is 0 Å². The minimum Gasteiger partial charge on any atom is -0.355 e. The molecule has 1 aromatic rings. The van der Waals surface area contributed by atoms with Gasteiger partial charge in [-0.3, -0.25) is 4.79 Å². The maximum atomic E-state index is 12.1. The lowest BCUT2D eigenvalue weighted by atomic mass is 10.1. The van der Waals surface area contributed by atoms with E-state index in [1.807, 2.05) is 18.2 Å². The number of carbonyl (C=O) groups excluding carboxylic acids is 1. The first-order chi connectivity index (χ1) is 9.15. The Kier molecular flexibility index (Phi) is 7.60. The fourth-order valence-electron chi connectivity index (χ4n) is 1.75. The SMILES string of the molecule is CC(C)C(SCc1ccccc1)C(=O)NCCCN. The number of carbonyl (C=O) groups is 1. The molecule has 3 nitrogen and oxygen atoms in total. The Bertz CT molecular complexity index is 368. The van der Waals surface area contributed by atoms with E-state index in [9.17, 15) is 4.79 Å². The van der Waals surface area contributed by atoms with E-state index in [1.165, 1.54) is 5.56 Å². The van der Waals surface area contributed by atoms with E-state index in [4.69, 9.17) is 5.73 Å². The van der Waals surface area contributed by atoms with Crippen LogP contribution in [0.5, 0.6) is 0 Å². The highest BCUT2D eigenvalue weighted by Crippen LogP contribution is 2.23. The van der Waals surface area contributed by atoms with Crippen molar-refractivity contribution in [3.63, 3.8) is 0 Å². The average Bonchev–Trinajstić information content (AvgIpc) is 2.40. The number of nitrogens with two attached hydrogens (primary N) is 1. The summed E-state index contributed by atoms with van der Waals surface area (Å²) in [7, 11) is 0. The summed E-state index contributed by atoms with van der Waals surface area (Å²) >= 11 is 1.71. The molecule has 0 spiro atoms. The van der Waals surface area contributed by atoms with Gasteiger partial charge in [-0.1, -0.05) is 44.2 Å². The van der Waals surface area contributed by atoms with Gasteiger partial charge in [-0.05, 0) is 24.4 Å². The third-order valence-electron chi connectivity index (χ3n) is 2.82. The summed E-state index contributed by atoms with van der Waals surface area (Å²) in [5.41, 5.74) is 6.69. The van der Waals surface area contributed by atoms with E-state index in [-0.39, 0.29) is 11.2 Å².